The lowest BCUT2D eigenvalue weighted by atomic mass is 9.99. The lowest BCUT2D eigenvalue weighted by Crippen LogP contribution is -2.08. The molecule has 4 rings (SSSR count). The number of hydrogen-bond donors (Lipinski definition) is 1. The van der Waals surface area contributed by atoms with Gasteiger partial charge < -0.3 is 10.6 Å². The number of hydrogen-bond acceptors (Lipinski definition) is 5. The summed E-state index contributed by atoms with van der Waals surface area (Å²) in [7, 11) is 4.04. The molecule has 0 saturated carbocycles. The molecule has 0 aliphatic rings. The summed E-state index contributed by atoms with van der Waals surface area (Å²) in [5.41, 5.74) is 11.7. The van der Waals surface area contributed by atoms with E-state index in [1.165, 1.54) is 6.33 Å². The van der Waals surface area contributed by atoms with E-state index >= 15 is 0 Å². The Labute approximate surface area is 166 Å². The molecule has 27 heavy (non-hydrogen) atoms. The molecule has 134 valence electrons. The first kappa shape index (κ1) is 17.4. The lowest BCUT2D eigenvalue weighted by Gasteiger charge is -2.14. The highest BCUT2D eigenvalue weighted by atomic mass is 79.9. The number of aromatic nitrogens is 3. The Bertz CT molecular complexity index is 1120. The normalized spacial score (nSPS) is 10.9. The molecule has 0 radical (unpaired) electrons. The summed E-state index contributed by atoms with van der Waals surface area (Å²) < 4.78 is 0.981. The summed E-state index contributed by atoms with van der Waals surface area (Å²) in [6.45, 7) is 0. The van der Waals surface area contributed by atoms with Crippen LogP contribution in [0.25, 0.3) is 33.4 Å². The minimum absolute atomic E-state index is 0.424. The van der Waals surface area contributed by atoms with Crippen LogP contribution in [0.1, 0.15) is 0 Å². The van der Waals surface area contributed by atoms with E-state index in [0.717, 1.165) is 37.9 Å². The van der Waals surface area contributed by atoms with Gasteiger partial charge >= 0.3 is 0 Å². The van der Waals surface area contributed by atoms with Crippen LogP contribution >= 0.6 is 15.9 Å². The fourth-order valence-electron chi connectivity index (χ4n) is 3.06. The van der Waals surface area contributed by atoms with Gasteiger partial charge in [0, 0.05) is 29.8 Å². The number of pyridine rings is 1. The lowest BCUT2D eigenvalue weighted by molar-refractivity contribution is 1.13. The molecule has 0 spiro atoms. The molecule has 2 N–H and O–H groups in total. The number of benzene rings is 2. The van der Waals surface area contributed by atoms with Gasteiger partial charge in [0.2, 0.25) is 0 Å². The van der Waals surface area contributed by atoms with Gasteiger partial charge in [-0.25, -0.2) is 15.0 Å². The molecular formula is C21H18BrN5. The standard InChI is InChI=1S/C21H18BrN5/c1-27(2)14-9-7-13(8-10-14)18-11-16(15-5-3-4-6-17(15)22)19-20(23)24-12-25-21(19)26-18/h3-12H,1-2H3,(H2,23,24,25,26). The monoisotopic (exact) mass is 419 g/mol. The Hall–Kier alpha value is -2.99. The topological polar surface area (TPSA) is 67.9 Å². The largest absolute Gasteiger partial charge is 0.383 e. The maximum absolute atomic E-state index is 6.17. The first-order valence-electron chi connectivity index (χ1n) is 8.48. The van der Waals surface area contributed by atoms with Crippen molar-refractivity contribution >= 4 is 38.5 Å². The Balaban J connectivity index is 1.97. The van der Waals surface area contributed by atoms with E-state index in [4.69, 9.17) is 10.7 Å². The van der Waals surface area contributed by atoms with Crippen LogP contribution in [0.3, 0.4) is 0 Å². The summed E-state index contributed by atoms with van der Waals surface area (Å²) in [4.78, 5) is 15.3. The zero-order valence-electron chi connectivity index (χ0n) is 15.0. The molecule has 0 bridgehead atoms. The minimum Gasteiger partial charge on any atom is -0.383 e. The molecule has 0 atom stereocenters. The van der Waals surface area contributed by atoms with E-state index in [9.17, 15) is 0 Å². The van der Waals surface area contributed by atoms with Crippen LogP contribution in [0.4, 0.5) is 11.5 Å². The second-order valence-corrected chi connectivity index (χ2v) is 7.29. The molecule has 0 saturated heterocycles. The molecular weight excluding hydrogens is 402 g/mol. The average Bonchev–Trinajstić information content (AvgIpc) is 2.68. The van der Waals surface area contributed by atoms with Crippen molar-refractivity contribution < 1.29 is 0 Å². The second kappa shape index (κ2) is 6.96. The maximum Gasteiger partial charge on any atom is 0.165 e. The third-order valence-corrected chi connectivity index (χ3v) is 5.17. The van der Waals surface area contributed by atoms with Gasteiger partial charge in [-0.3, -0.25) is 0 Å². The van der Waals surface area contributed by atoms with Gasteiger partial charge in [-0.2, -0.15) is 0 Å². The Morgan fingerprint density at radius 2 is 1.67 bits per heavy atom. The van der Waals surface area contributed by atoms with Crippen molar-refractivity contribution in [2.45, 2.75) is 0 Å². The van der Waals surface area contributed by atoms with E-state index in [2.05, 4.69) is 55.1 Å². The van der Waals surface area contributed by atoms with Crippen molar-refractivity contribution in [1.29, 1.82) is 0 Å². The van der Waals surface area contributed by atoms with Gasteiger partial charge in [-0.1, -0.05) is 46.3 Å². The summed E-state index contributed by atoms with van der Waals surface area (Å²) in [6.07, 6.45) is 1.45. The SMILES string of the molecule is CN(C)c1ccc(-c2cc(-c3ccccc3Br)c3c(N)ncnc3n2)cc1. The number of nitrogens with two attached hydrogens (primary N) is 1. The smallest absolute Gasteiger partial charge is 0.165 e. The highest BCUT2D eigenvalue weighted by Gasteiger charge is 2.15. The zero-order chi connectivity index (χ0) is 19.0. The number of nitrogens with zero attached hydrogens (tertiary/aromatic N) is 4. The predicted octanol–water partition coefficient (Wildman–Crippen LogP) is 4.77. The predicted molar refractivity (Wildman–Crippen MR) is 115 cm³/mol. The fourth-order valence-corrected chi connectivity index (χ4v) is 3.56. The number of fused-ring (bicyclic) bond motifs is 1. The van der Waals surface area contributed by atoms with E-state index in [-0.39, 0.29) is 0 Å². The highest BCUT2D eigenvalue weighted by molar-refractivity contribution is 9.10. The zero-order valence-corrected chi connectivity index (χ0v) is 16.6. The number of halogens is 1. The number of nitrogen functional groups attached to an aromatic ring is 1. The third kappa shape index (κ3) is 3.24. The average molecular weight is 420 g/mol. The van der Waals surface area contributed by atoms with Crippen molar-refractivity contribution in [2.75, 3.05) is 24.7 Å². The van der Waals surface area contributed by atoms with E-state index in [1.54, 1.807) is 0 Å². The van der Waals surface area contributed by atoms with Gasteiger partial charge in [0.1, 0.15) is 12.1 Å². The summed E-state index contributed by atoms with van der Waals surface area (Å²) >= 11 is 3.64. The first-order valence-corrected chi connectivity index (χ1v) is 9.28. The molecule has 4 aromatic rings. The number of anilines is 2. The van der Waals surface area contributed by atoms with Crippen LogP contribution in [0.2, 0.25) is 0 Å². The summed E-state index contributed by atoms with van der Waals surface area (Å²) in [5.74, 6) is 0.424. The third-order valence-electron chi connectivity index (χ3n) is 4.48. The molecule has 0 unspecified atom stereocenters. The van der Waals surface area contributed by atoms with Crippen LogP contribution in [-0.4, -0.2) is 29.0 Å². The maximum atomic E-state index is 6.17. The van der Waals surface area contributed by atoms with Crippen molar-refractivity contribution in [3.63, 3.8) is 0 Å². The van der Waals surface area contributed by atoms with Crippen LogP contribution < -0.4 is 10.6 Å². The number of rotatable bonds is 3. The Morgan fingerprint density at radius 1 is 0.926 bits per heavy atom. The molecule has 0 amide bonds. The highest BCUT2D eigenvalue weighted by Crippen LogP contribution is 2.37. The minimum atomic E-state index is 0.424. The molecule has 0 fully saturated rings. The first-order chi connectivity index (χ1) is 13.0. The molecule has 5 nitrogen and oxygen atoms in total. The molecule has 0 aliphatic heterocycles. The van der Waals surface area contributed by atoms with Gasteiger partial charge in [-0.05, 0) is 35.4 Å². The summed E-state index contributed by atoms with van der Waals surface area (Å²) in [5, 5.41) is 0.762. The summed E-state index contributed by atoms with van der Waals surface area (Å²) in [6, 6.07) is 18.4. The molecule has 2 heterocycles. The van der Waals surface area contributed by atoms with Crippen molar-refractivity contribution in [3.8, 4) is 22.4 Å². The van der Waals surface area contributed by atoms with Crippen molar-refractivity contribution in [3.05, 3.63) is 65.4 Å². The quantitative estimate of drug-likeness (QED) is 0.517. The van der Waals surface area contributed by atoms with Crippen molar-refractivity contribution in [1.82, 2.24) is 15.0 Å². The van der Waals surface area contributed by atoms with Crippen LogP contribution in [0, 0.1) is 0 Å². The van der Waals surface area contributed by atoms with Gasteiger partial charge in [0.15, 0.2) is 5.65 Å². The van der Waals surface area contributed by atoms with Gasteiger partial charge in [-0.15, -0.1) is 0 Å². The van der Waals surface area contributed by atoms with E-state index in [0.29, 0.717) is 11.5 Å². The van der Waals surface area contributed by atoms with Crippen LogP contribution in [0.5, 0.6) is 0 Å². The Morgan fingerprint density at radius 3 is 2.37 bits per heavy atom. The van der Waals surface area contributed by atoms with Crippen LogP contribution in [0.15, 0.2) is 65.4 Å². The van der Waals surface area contributed by atoms with Crippen LogP contribution in [-0.2, 0) is 0 Å². The van der Waals surface area contributed by atoms with E-state index in [1.807, 2.05) is 44.4 Å². The molecule has 0 aliphatic carbocycles. The molecule has 6 heteroatoms. The fraction of sp³-hybridized carbons (Fsp3) is 0.0952. The van der Waals surface area contributed by atoms with Gasteiger partial charge in [0.25, 0.3) is 0 Å². The second-order valence-electron chi connectivity index (χ2n) is 6.43. The van der Waals surface area contributed by atoms with Crippen molar-refractivity contribution in [2.24, 2.45) is 0 Å². The molecule has 2 aromatic heterocycles. The van der Waals surface area contributed by atoms with Gasteiger partial charge in [0.05, 0.1) is 11.1 Å². The molecule has 2 aromatic carbocycles. The Kier molecular flexibility index (Phi) is 4.49. The van der Waals surface area contributed by atoms with E-state index < -0.39 is 0 Å².